The van der Waals surface area contributed by atoms with Crippen LogP contribution in [0.25, 0.3) is 0 Å². The Kier molecular flexibility index (Phi) is 5.66. The Bertz CT molecular complexity index is 1130. The van der Waals surface area contributed by atoms with Gasteiger partial charge in [-0.3, -0.25) is 14.9 Å². The molecule has 2 aromatic carbocycles. The molecule has 0 radical (unpaired) electrons. The molecule has 3 aromatic rings. The SMILES string of the molecule is Cc1cccc(C(=O)Nc2nnc(CC(=O)NN=Cc3ccc4c(c3)OCO4)s2)c1. The van der Waals surface area contributed by atoms with Crippen molar-refractivity contribution in [3.63, 3.8) is 0 Å². The lowest BCUT2D eigenvalue weighted by Crippen LogP contribution is -2.19. The van der Waals surface area contributed by atoms with Crippen LogP contribution in [0.15, 0.2) is 47.6 Å². The van der Waals surface area contributed by atoms with Crippen molar-refractivity contribution in [2.75, 3.05) is 12.1 Å². The summed E-state index contributed by atoms with van der Waals surface area (Å²) in [6.45, 7) is 2.11. The molecule has 0 bridgehead atoms. The van der Waals surface area contributed by atoms with Gasteiger partial charge in [0.25, 0.3) is 5.91 Å². The number of aryl methyl sites for hydroxylation is 1. The van der Waals surface area contributed by atoms with E-state index >= 15 is 0 Å². The zero-order valence-corrected chi connectivity index (χ0v) is 16.7. The highest BCUT2D eigenvalue weighted by Crippen LogP contribution is 2.31. The Balaban J connectivity index is 1.29. The minimum Gasteiger partial charge on any atom is -0.454 e. The van der Waals surface area contributed by atoms with Crippen molar-refractivity contribution in [2.45, 2.75) is 13.3 Å². The first-order valence-corrected chi connectivity index (χ1v) is 9.80. The quantitative estimate of drug-likeness (QED) is 0.465. The molecule has 0 spiro atoms. The number of hydrogen-bond donors (Lipinski definition) is 2. The van der Waals surface area contributed by atoms with Crippen molar-refractivity contribution in [1.29, 1.82) is 0 Å². The van der Waals surface area contributed by atoms with E-state index < -0.39 is 0 Å². The lowest BCUT2D eigenvalue weighted by atomic mass is 10.1. The lowest BCUT2D eigenvalue weighted by Gasteiger charge is -2.01. The van der Waals surface area contributed by atoms with Crippen LogP contribution in [0.2, 0.25) is 0 Å². The van der Waals surface area contributed by atoms with Crippen molar-refractivity contribution in [3.05, 3.63) is 64.2 Å². The maximum atomic E-state index is 12.3. The van der Waals surface area contributed by atoms with Crippen molar-refractivity contribution < 1.29 is 19.1 Å². The highest BCUT2D eigenvalue weighted by molar-refractivity contribution is 7.15. The van der Waals surface area contributed by atoms with E-state index in [1.807, 2.05) is 19.1 Å². The van der Waals surface area contributed by atoms with Crippen molar-refractivity contribution in [1.82, 2.24) is 15.6 Å². The summed E-state index contributed by atoms with van der Waals surface area (Å²) in [5.41, 5.74) is 4.71. The van der Waals surface area contributed by atoms with E-state index in [4.69, 9.17) is 9.47 Å². The number of anilines is 1. The Morgan fingerprint density at radius 1 is 1.17 bits per heavy atom. The highest BCUT2D eigenvalue weighted by Gasteiger charge is 2.14. The fourth-order valence-corrected chi connectivity index (χ4v) is 3.41. The van der Waals surface area contributed by atoms with Gasteiger partial charge in [0.15, 0.2) is 11.5 Å². The van der Waals surface area contributed by atoms with E-state index in [2.05, 4.69) is 26.0 Å². The smallest absolute Gasteiger partial charge is 0.257 e. The number of carbonyl (C=O) groups is 2. The number of ether oxygens (including phenoxy) is 2. The second kappa shape index (κ2) is 8.70. The van der Waals surface area contributed by atoms with Crippen LogP contribution in [0.4, 0.5) is 5.13 Å². The van der Waals surface area contributed by atoms with Crippen LogP contribution in [0.1, 0.15) is 26.5 Å². The third-order valence-electron chi connectivity index (χ3n) is 4.08. The number of fused-ring (bicyclic) bond motifs is 1. The molecule has 1 aliphatic rings. The number of rotatable bonds is 6. The predicted octanol–water partition coefficient (Wildman–Crippen LogP) is 2.52. The summed E-state index contributed by atoms with van der Waals surface area (Å²) in [4.78, 5) is 24.3. The number of hydrogen-bond acceptors (Lipinski definition) is 8. The van der Waals surface area contributed by atoms with Gasteiger partial charge in [-0.1, -0.05) is 29.0 Å². The van der Waals surface area contributed by atoms with Gasteiger partial charge in [-0.25, -0.2) is 5.43 Å². The third-order valence-corrected chi connectivity index (χ3v) is 4.92. The molecular formula is C20H17N5O4S. The van der Waals surface area contributed by atoms with E-state index in [0.717, 1.165) is 22.5 Å². The Morgan fingerprint density at radius 3 is 2.90 bits per heavy atom. The van der Waals surface area contributed by atoms with Gasteiger partial charge in [0.1, 0.15) is 5.01 Å². The van der Waals surface area contributed by atoms with Crippen molar-refractivity contribution in [2.24, 2.45) is 5.10 Å². The predicted molar refractivity (Wildman–Crippen MR) is 111 cm³/mol. The molecule has 9 nitrogen and oxygen atoms in total. The average molecular weight is 423 g/mol. The van der Waals surface area contributed by atoms with Gasteiger partial charge in [-0.2, -0.15) is 5.10 Å². The number of aromatic nitrogens is 2. The van der Waals surface area contributed by atoms with Crippen LogP contribution < -0.4 is 20.2 Å². The van der Waals surface area contributed by atoms with Gasteiger partial charge in [0, 0.05) is 5.56 Å². The van der Waals surface area contributed by atoms with E-state index in [9.17, 15) is 9.59 Å². The number of nitrogens with one attached hydrogen (secondary N) is 2. The molecule has 0 unspecified atom stereocenters. The van der Waals surface area contributed by atoms with E-state index in [0.29, 0.717) is 27.2 Å². The fraction of sp³-hybridized carbons (Fsp3) is 0.150. The van der Waals surface area contributed by atoms with Gasteiger partial charge < -0.3 is 9.47 Å². The molecule has 1 aromatic heterocycles. The maximum absolute atomic E-state index is 12.3. The standard InChI is InChI=1S/C20H17N5O4S/c1-12-3-2-4-14(7-12)19(27)22-20-25-24-18(30-20)9-17(26)23-21-10-13-5-6-15-16(8-13)29-11-28-15/h2-8,10H,9,11H2,1H3,(H,23,26)(H,22,25,27). The van der Waals surface area contributed by atoms with E-state index in [1.165, 1.54) is 6.21 Å². The first kappa shape index (κ1) is 19.5. The summed E-state index contributed by atoms with van der Waals surface area (Å²) in [5.74, 6) is 0.691. The molecule has 1 aliphatic heterocycles. The second-order valence-corrected chi connectivity index (χ2v) is 7.47. The Hall–Kier alpha value is -3.79. The van der Waals surface area contributed by atoms with Gasteiger partial charge in [-0.15, -0.1) is 10.2 Å². The van der Waals surface area contributed by atoms with E-state index in [-0.39, 0.29) is 25.0 Å². The minimum absolute atomic E-state index is 0.00351. The Labute approximate surface area is 175 Å². The summed E-state index contributed by atoms with van der Waals surface area (Å²) in [6, 6.07) is 12.6. The first-order chi connectivity index (χ1) is 14.6. The summed E-state index contributed by atoms with van der Waals surface area (Å²) in [5, 5.41) is 15.3. The molecule has 4 rings (SSSR count). The molecule has 0 saturated carbocycles. The van der Waals surface area contributed by atoms with E-state index in [1.54, 1.807) is 30.3 Å². The molecule has 30 heavy (non-hydrogen) atoms. The lowest BCUT2D eigenvalue weighted by molar-refractivity contribution is -0.120. The number of carbonyl (C=O) groups excluding carboxylic acids is 2. The van der Waals surface area contributed by atoms with Gasteiger partial charge in [0.05, 0.1) is 12.6 Å². The summed E-state index contributed by atoms with van der Waals surface area (Å²) in [7, 11) is 0. The molecule has 10 heteroatoms. The molecule has 2 amide bonds. The molecule has 0 saturated heterocycles. The van der Waals surface area contributed by atoms with Crippen molar-refractivity contribution in [3.8, 4) is 11.5 Å². The normalized spacial score (nSPS) is 12.2. The zero-order chi connectivity index (χ0) is 20.9. The largest absolute Gasteiger partial charge is 0.454 e. The molecule has 2 N–H and O–H groups in total. The third kappa shape index (κ3) is 4.78. The number of hydrazone groups is 1. The molecule has 152 valence electrons. The van der Waals surface area contributed by atoms with Crippen LogP contribution in [-0.4, -0.2) is 35.0 Å². The number of amides is 2. The van der Waals surface area contributed by atoms with Crippen molar-refractivity contribution >= 4 is 34.5 Å². The van der Waals surface area contributed by atoms with Crippen LogP contribution in [0.3, 0.4) is 0 Å². The summed E-state index contributed by atoms with van der Waals surface area (Å²) < 4.78 is 10.5. The summed E-state index contributed by atoms with van der Waals surface area (Å²) in [6.07, 6.45) is 1.50. The molecule has 0 atom stereocenters. The molecule has 2 heterocycles. The van der Waals surface area contributed by atoms with Crippen LogP contribution in [-0.2, 0) is 11.2 Å². The summed E-state index contributed by atoms with van der Waals surface area (Å²) >= 11 is 1.13. The van der Waals surface area contributed by atoms with Gasteiger partial charge in [-0.05, 0) is 42.8 Å². The maximum Gasteiger partial charge on any atom is 0.257 e. The fourth-order valence-electron chi connectivity index (χ4n) is 2.68. The highest BCUT2D eigenvalue weighted by atomic mass is 32.1. The Morgan fingerprint density at radius 2 is 2.03 bits per heavy atom. The monoisotopic (exact) mass is 423 g/mol. The second-order valence-electron chi connectivity index (χ2n) is 6.41. The zero-order valence-electron chi connectivity index (χ0n) is 15.9. The van der Waals surface area contributed by atoms with Gasteiger partial charge >= 0.3 is 0 Å². The van der Waals surface area contributed by atoms with Crippen LogP contribution >= 0.6 is 11.3 Å². The topological polar surface area (TPSA) is 115 Å². The van der Waals surface area contributed by atoms with Crippen LogP contribution in [0, 0.1) is 6.92 Å². The van der Waals surface area contributed by atoms with Gasteiger partial charge in [0.2, 0.25) is 17.8 Å². The molecule has 0 aliphatic carbocycles. The number of benzene rings is 2. The first-order valence-electron chi connectivity index (χ1n) is 8.99. The molecular weight excluding hydrogens is 406 g/mol. The molecule has 0 fully saturated rings. The number of nitrogens with zero attached hydrogens (tertiary/aromatic N) is 3. The van der Waals surface area contributed by atoms with Crippen LogP contribution in [0.5, 0.6) is 11.5 Å². The average Bonchev–Trinajstić information content (AvgIpc) is 3.37. The minimum atomic E-state index is -0.347.